The van der Waals surface area contributed by atoms with E-state index >= 15 is 0 Å². The van der Waals surface area contributed by atoms with Crippen LogP contribution in [0.25, 0.3) is 0 Å². The number of anilines is 2. The predicted molar refractivity (Wildman–Crippen MR) is 120 cm³/mol. The molecule has 29 heavy (non-hydrogen) atoms. The molecule has 0 spiro atoms. The van der Waals surface area contributed by atoms with E-state index in [2.05, 4.69) is 61.0 Å². The third-order valence-electron chi connectivity index (χ3n) is 4.60. The molecule has 6 nitrogen and oxygen atoms in total. The zero-order valence-electron chi connectivity index (χ0n) is 18.0. The molecular formula is C23H32N4O2. The summed E-state index contributed by atoms with van der Waals surface area (Å²) in [6, 6.07) is 15.6. The van der Waals surface area contributed by atoms with Gasteiger partial charge in [-0.3, -0.25) is 4.79 Å². The van der Waals surface area contributed by atoms with E-state index < -0.39 is 0 Å². The van der Waals surface area contributed by atoms with Crippen LogP contribution in [-0.4, -0.2) is 39.1 Å². The molecule has 6 heteroatoms. The largest absolute Gasteiger partial charge is 0.378 e. The first-order chi connectivity index (χ1) is 13.6. The number of hydrogen-bond donors (Lipinski definition) is 3. The second kappa shape index (κ2) is 9.96. The van der Waals surface area contributed by atoms with Crippen molar-refractivity contribution in [1.29, 1.82) is 0 Å². The summed E-state index contributed by atoms with van der Waals surface area (Å²) in [5.41, 5.74) is 4.33. The van der Waals surface area contributed by atoms with E-state index in [0.717, 1.165) is 17.7 Å². The second-order valence-electron chi connectivity index (χ2n) is 8.30. The number of carbonyl (C=O) groups is 2. The average molecular weight is 397 g/mol. The highest BCUT2D eigenvalue weighted by molar-refractivity contribution is 5.94. The molecule has 0 saturated heterocycles. The minimum Gasteiger partial charge on any atom is -0.378 e. The van der Waals surface area contributed by atoms with Gasteiger partial charge in [0.05, 0.1) is 6.54 Å². The van der Waals surface area contributed by atoms with Crippen LogP contribution in [0.3, 0.4) is 0 Å². The van der Waals surface area contributed by atoms with Gasteiger partial charge in [0.2, 0.25) is 5.91 Å². The normalized spacial score (nSPS) is 10.9. The van der Waals surface area contributed by atoms with Gasteiger partial charge in [-0.15, -0.1) is 0 Å². The maximum absolute atomic E-state index is 12.0. The SMILES string of the molecule is CN(C)c1ccc(NC(=O)CNC(=O)NCCc2ccc(C(C)(C)C)cc2)cc1. The van der Waals surface area contributed by atoms with Crippen molar-refractivity contribution in [3.8, 4) is 0 Å². The zero-order valence-corrected chi connectivity index (χ0v) is 18.0. The quantitative estimate of drug-likeness (QED) is 0.670. The topological polar surface area (TPSA) is 73.5 Å². The Morgan fingerprint density at radius 1 is 0.897 bits per heavy atom. The van der Waals surface area contributed by atoms with Gasteiger partial charge >= 0.3 is 6.03 Å². The first-order valence-electron chi connectivity index (χ1n) is 9.83. The standard InChI is InChI=1S/C23H32N4O2/c1-23(2,3)18-8-6-17(7-9-18)14-15-24-22(29)25-16-21(28)26-19-10-12-20(13-11-19)27(4)5/h6-13H,14-16H2,1-5H3,(H,26,28)(H2,24,25,29). The highest BCUT2D eigenvalue weighted by Gasteiger charge is 2.12. The Morgan fingerprint density at radius 2 is 1.52 bits per heavy atom. The molecule has 0 aliphatic carbocycles. The van der Waals surface area contributed by atoms with E-state index in [-0.39, 0.29) is 23.9 Å². The van der Waals surface area contributed by atoms with Crippen LogP contribution in [-0.2, 0) is 16.6 Å². The van der Waals surface area contributed by atoms with E-state index in [9.17, 15) is 9.59 Å². The third-order valence-corrected chi connectivity index (χ3v) is 4.60. The molecule has 0 saturated carbocycles. The number of amides is 3. The fourth-order valence-electron chi connectivity index (χ4n) is 2.76. The minimum absolute atomic E-state index is 0.0818. The summed E-state index contributed by atoms with van der Waals surface area (Å²) in [5.74, 6) is -0.268. The maximum atomic E-state index is 12.0. The van der Waals surface area contributed by atoms with Crippen LogP contribution < -0.4 is 20.9 Å². The number of benzene rings is 2. The summed E-state index contributed by atoms with van der Waals surface area (Å²) in [6.07, 6.45) is 0.738. The van der Waals surface area contributed by atoms with Crippen molar-refractivity contribution in [2.45, 2.75) is 32.6 Å². The van der Waals surface area contributed by atoms with Gasteiger partial charge in [0.1, 0.15) is 0 Å². The van der Waals surface area contributed by atoms with E-state index in [1.165, 1.54) is 5.56 Å². The van der Waals surface area contributed by atoms with Crippen LogP contribution in [0.4, 0.5) is 16.2 Å². The first kappa shape index (κ1) is 22.3. The van der Waals surface area contributed by atoms with Crippen molar-refractivity contribution < 1.29 is 9.59 Å². The van der Waals surface area contributed by atoms with Gasteiger partial charge in [-0.25, -0.2) is 4.79 Å². The Balaban J connectivity index is 1.68. The molecule has 0 bridgehead atoms. The molecule has 0 aliphatic heterocycles. The molecule has 0 heterocycles. The fraction of sp³-hybridized carbons (Fsp3) is 0.391. The van der Waals surface area contributed by atoms with Crippen molar-refractivity contribution in [2.75, 3.05) is 37.4 Å². The van der Waals surface area contributed by atoms with Crippen molar-refractivity contribution in [3.05, 3.63) is 59.7 Å². The summed E-state index contributed by atoms with van der Waals surface area (Å²) in [5, 5.41) is 8.12. The lowest BCUT2D eigenvalue weighted by molar-refractivity contribution is -0.115. The lowest BCUT2D eigenvalue weighted by Crippen LogP contribution is -2.40. The highest BCUT2D eigenvalue weighted by Crippen LogP contribution is 2.22. The number of hydrogen-bond acceptors (Lipinski definition) is 3. The average Bonchev–Trinajstić information content (AvgIpc) is 2.66. The van der Waals surface area contributed by atoms with Crippen molar-refractivity contribution >= 4 is 23.3 Å². The van der Waals surface area contributed by atoms with Gasteiger partial charge in [0.25, 0.3) is 0 Å². The van der Waals surface area contributed by atoms with Crippen molar-refractivity contribution in [2.24, 2.45) is 0 Å². The van der Waals surface area contributed by atoms with Gasteiger partial charge in [-0.2, -0.15) is 0 Å². The van der Waals surface area contributed by atoms with E-state index in [1.807, 2.05) is 43.3 Å². The van der Waals surface area contributed by atoms with Crippen LogP contribution in [0, 0.1) is 0 Å². The molecule has 156 valence electrons. The Kier molecular flexibility index (Phi) is 7.65. The highest BCUT2D eigenvalue weighted by atomic mass is 16.2. The summed E-state index contributed by atoms with van der Waals surface area (Å²) < 4.78 is 0. The molecular weight excluding hydrogens is 364 g/mol. The molecule has 2 rings (SSSR count). The molecule has 2 aromatic carbocycles. The Hall–Kier alpha value is -3.02. The summed E-state index contributed by atoms with van der Waals surface area (Å²) >= 11 is 0. The van der Waals surface area contributed by atoms with Crippen LogP contribution in [0.2, 0.25) is 0 Å². The zero-order chi connectivity index (χ0) is 21.4. The summed E-state index contributed by atoms with van der Waals surface area (Å²) in [6.45, 7) is 6.98. The fourth-order valence-corrected chi connectivity index (χ4v) is 2.76. The van der Waals surface area contributed by atoms with Crippen LogP contribution in [0.15, 0.2) is 48.5 Å². The number of urea groups is 1. The molecule has 0 radical (unpaired) electrons. The number of nitrogens with one attached hydrogen (secondary N) is 3. The minimum atomic E-state index is -0.352. The molecule has 0 fully saturated rings. The number of rotatable bonds is 7. The van der Waals surface area contributed by atoms with Crippen LogP contribution >= 0.6 is 0 Å². The Morgan fingerprint density at radius 3 is 2.07 bits per heavy atom. The first-order valence-corrected chi connectivity index (χ1v) is 9.83. The smallest absolute Gasteiger partial charge is 0.315 e. The van der Waals surface area contributed by atoms with Crippen LogP contribution in [0.1, 0.15) is 31.9 Å². The second-order valence-corrected chi connectivity index (χ2v) is 8.30. The number of carbonyl (C=O) groups excluding carboxylic acids is 2. The van der Waals surface area contributed by atoms with Gasteiger partial charge in [0, 0.05) is 32.0 Å². The van der Waals surface area contributed by atoms with Crippen molar-refractivity contribution in [1.82, 2.24) is 10.6 Å². The number of nitrogens with zero attached hydrogens (tertiary/aromatic N) is 1. The molecule has 0 aliphatic rings. The molecule has 2 aromatic rings. The molecule has 0 atom stereocenters. The van der Waals surface area contributed by atoms with Gasteiger partial charge in [-0.05, 0) is 47.2 Å². The molecule has 0 unspecified atom stereocenters. The summed E-state index contributed by atoms with van der Waals surface area (Å²) in [7, 11) is 3.91. The van der Waals surface area contributed by atoms with Gasteiger partial charge in [-0.1, -0.05) is 45.0 Å². The molecule has 0 aromatic heterocycles. The van der Waals surface area contributed by atoms with Crippen LogP contribution in [0.5, 0.6) is 0 Å². The van der Waals surface area contributed by atoms with Crippen molar-refractivity contribution in [3.63, 3.8) is 0 Å². The third kappa shape index (κ3) is 7.49. The maximum Gasteiger partial charge on any atom is 0.315 e. The monoisotopic (exact) mass is 396 g/mol. The van der Waals surface area contributed by atoms with E-state index in [0.29, 0.717) is 12.2 Å². The summed E-state index contributed by atoms with van der Waals surface area (Å²) in [4.78, 5) is 25.9. The lowest BCUT2D eigenvalue weighted by atomic mass is 9.86. The molecule has 3 amide bonds. The molecule has 3 N–H and O–H groups in total. The van der Waals surface area contributed by atoms with E-state index in [1.54, 1.807) is 0 Å². The van der Waals surface area contributed by atoms with Gasteiger partial charge < -0.3 is 20.9 Å². The lowest BCUT2D eigenvalue weighted by Gasteiger charge is -2.19. The van der Waals surface area contributed by atoms with Gasteiger partial charge in [0.15, 0.2) is 0 Å². The Bertz CT molecular complexity index is 806. The predicted octanol–water partition coefficient (Wildman–Crippen LogP) is 3.53. The van der Waals surface area contributed by atoms with E-state index in [4.69, 9.17) is 0 Å². The Labute approximate surface area is 173 Å².